The van der Waals surface area contributed by atoms with Crippen molar-refractivity contribution >= 4 is 5.97 Å². The number of epoxide rings is 2. The van der Waals surface area contributed by atoms with Gasteiger partial charge >= 0.3 is 5.97 Å². The van der Waals surface area contributed by atoms with Gasteiger partial charge in [0.15, 0.2) is 5.60 Å². The number of rotatable bonds is 2. The van der Waals surface area contributed by atoms with Gasteiger partial charge in [0.05, 0.1) is 18.3 Å². The average Bonchev–Trinajstić information content (AvgIpc) is 3.21. The predicted octanol–water partition coefficient (Wildman–Crippen LogP) is 1.81. The summed E-state index contributed by atoms with van der Waals surface area (Å²) in [6.45, 7) is 2.22. The fourth-order valence-electron chi connectivity index (χ4n) is 3.63. The van der Waals surface area contributed by atoms with Crippen LogP contribution in [0.3, 0.4) is 0 Å². The van der Waals surface area contributed by atoms with Crippen molar-refractivity contribution in [2.75, 3.05) is 0 Å². The standard InChI is InChI=1S/C14H20O4/c1-8-4-5-14(12(6-8)18-14)13(15)16-9-2-3-10-11(7-9)17-10/h8-12H,2-7H2,1H3. The summed E-state index contributed by atoms with van der Waals surface area (Å²) in [5, 5.41) is 0. The Bertz CT molecular complexity index is 382. The lowest BCUT2D eigenvalue weighted by Crippen LogP contribution is -2.37. The number of carbonyl (C=O) groups is 1. The molecule has 0 radical (unpaired) electrons. The monoisotopic (exact) mass is 252 g/mol. The number of ether oxygens (including phenoxy) is 3. The number of fused-ring (bicyclic) bond motifs is 2. The van der Waals surface area contributed by atoms with Crippen molar-refractivity contribution in [1.82, 2.24) is 0 Å². The van der Waals surface area contributed by atoms with E-state index in [4.69, 9.17) is 14.2 Å². The first-order valence-corrected chi connectivity index (χ1v) is 7.22. The van der Waals surface area contributed by atoms with E-state index in [-0.39, 0.29) is 18.2 Å². The second kappa shape index (κ2) is 3.70. The topological polar surface area (TPSA) is 51.4 Å². The van der Waals surface area contributed by atoms with E-state index in [1.54, 1.807) is 0 Å². The molecule has 100 valence electrons. The highest BCUT2D eigenvalue weighted by Gasteiger charge is 2.65. The average molecular weight is 252 g/mol. The molecule has 0 aromatic rings. The van der Waals surface area contributed by atoms with Gasteiger partial charge in [-0.3, -0.25) is 0 Å². The molecular formula is C14H20O4. The Hall–Kier alpha value is -0.610. The molecule has 6 atom stereocenters. The molecular weight excluding hydrogens is 232 g/mol. The van der Waals surface area contributed by atoms with E-state index in [1.807, 2.05) is 0 Å². The Balaban J connectivity index is 1.36. The Morgan fingerprint density at radius 2 is 2.11 bits per heavy atom. The van der Waals surface area contributed by atoms with Crippen LogP contribution in [0, 0.1) is 5.92 Å². The summed E-state index contributed by atoms with van der Waals surface area (Å²) in [5.74, 6) is 0.567. The molecule has 0 bridgehead atoms. The van der Waals surface area contributed by atoms with Crippen LogP contribution in [0.15, 0.2) is 0 Å². The zero-order valence-electron chi connectivity index (χ0n) is 10.8. The lowest BCUT2D eigenvalue weighted by Gasteiger charge is -2.24. The summed E-state index contributed by atoms with van der Waals surface area (Å²) >= 11 is 0. The minimum absolute atomic E-state index is 0.0554. The van der Waals surface area contributed by atoms with E-state index in [0.29, 0.717) is 18.1 Å². The van der Waals surface area contributed by atoms with E-state index < -0.39 is 5.60 Å². The molecule has 4 aliphatic rings. The van der Waals surface area contributed by atoms with Gasteiger partial charge in [0.1, 0.15) is 6.10 Å². The summed E-state index contributed by atoms with van der Waals surface area (Å²) in [5.41, 5.74) is -0.562. The first-order valence-electron chi connectivity index (χ1n) is 7.22. The van der Waals surface area contributed by atoms with Gasteiger partial charge in [-0.15, -0.1) is 0 Å². The number of carbonyl (C=O) groups excluding carboxylic acids is 1. The van der Waals surface area contributed by atoms with Crippen molar-refractivity contribution in [3.05, 3.63) is 0 Å². The summed E-state index contributed by atoms with van der Waals surface area (Å²) in [7, 11) is 0. The number of hydrogen-bond acceptors (Lipinski definition) is 4. The summed E-state index contributed by atoms with van der Waals surface area (Å²) in [6.07, 6.45) is 6.79. The second-order valence-electron chi connectivity index (χ2n) is 6.43. The Morgan fingerprint density at radius 1 is 1.22 bits per heavy atom. The molecule has 0 spiro atoms. The maximum Gasteiger partial charge on any atom is 0.341 e. The van der Waals surface area contributed by atoms with Crippen molar-refractivity contribution in [2.45, 2.75) is 75.5 Å². The van der Waals surface area contributed by atoms with Crippen LogP contribution >= 0.6 is 0 Å². The van der Waals surface area contributed by atoms with Gasteiger partial charge in [0.2, 0.25) is 0 Å². The van der Waals surface area contributed by atoms with Crippen LogP contribution in [0.1, 0.15) is 45.4 Å². The molecule has 0 N–H and O–H groups in total. The quantitative estimate of drug-likeness (QED) is 0.555. The van der Waals surface area contributed by atoms with Gasteiger partial charge in [-0.2, -0.15) is 0 Å². The Kier molecular flexibility index (Phi) is 2.31. The van der Waals surface area contributed by atoms with Crippen LogP contribution in [0.4, 0.5) is 0 Å². The van der Waals surface area contributed by atoms with Crippen molar-refractivity contribution in [3.8, 4) is 0 Å². The summed E-state index contributed by atoms with van der Waals surface area (Å²) < 4.78 is 16.8. The van der Waals surface area contributed by atoms with Crippen LogP contribution < -0.4 is 0 Å². The number of hydrogen-bond donors (Lipinski definition) is 0. The van der Waals surface area contributed by atoms with Gasteiger partial charge in [-0.05, 0) is 38.0 Å². The lowest BCUT2D eigenvalue weighted by molar-refractivity contribution is -0.157. The van der Waals surface area contributed by atoms with Crippen molar-refractivity contribution in [2.24, 2.45) is 5.92 Å². The molecule has 0 aromatic carbocycles. The van der Waals surface area contributed by atoms with E-state index in [9.17, 15) is 4.79 Å². The van der Waals surface area contributed by atoms with Crippen LogP contribution in [-0.4, -0.2) is 36.0 Å². The smallest absolute Gasteiger partial charge is 0.341 e. The van der Waals surface area contributed by atoms with Crippen molar-refractivity contribution in [3.63, 3.8) is 0 Å². The SMILES string of the molecule is CC1CCC2(C(=O)OC3CCC4OC4C3)OC2C1. The molecule has 4 heteroatoms. The molecule has 4 rings (SSSR count). The third-order valence-corrected chi connectivity index (χ3v) is 5.02. The number of esters is 1. The molecule has 2 saturated heterocycles. The van der Waals surface area contributed by atoms with Crippen molar-refractivity contribution < 1.29 is 19.0 Å². The molecule has 6 unspecified atom stereocenters. The minimum atomic E-state index is -0.562. The normalized spacial score (nSPS) is 53.1. The third kappa shape index (κ3) is 1.69. The van der Waals surface area contributed by atoms with E-state index in [2.05, 4.69) is 6.92 Å². The largest absolute Gasteiger partial charge is 0.460 e. The van der Waals surface area contributed by atoms with Crippen molar-refractivity contribution in [1.29, 1.82) is 0 Å². The predicted molar refractivity (Wildman–Crippen MR) is 63.0 cm³/mol. The highest BCUT2D eigenvalue weighted by molar-refractivity contribution is 5.83. The second-order valence-corrected chi connectivity index (χ2v) is 6.43. The molecule has 4 fully saturated rings. The Labute approximate surface area is 107 Å². The third-order valence-electron chi connectivity index (χ3n) is 5.02. The zero-order valence-corrected chi connectivity index (χ0v) is 10.8. The minimum Gasteiger partial charge on any atom is -0.460 e. The van der Waals surface area contributed by atoms with Crippen LogP contribution in [-0.2, 0) is 19.0 Å². The van der Waals surface area contributed by atoms with E-state index in [0.717, 1.165) is 38.5 Å². The highest BCUT2D eigenvalue weighted by Crippen LogP contribution is 2.51. The molecule has 2 heterocycles. The summed E-state index contributed by atoms with van der Waals surface area (Å²) in [4.78, 5) is 12.3. The van der Waals surface area contributed by atoms with Gasteiger partial charge in [0, 0.05) is 6.42 Å². The molecule has 2 aliphatic carbocycles. The van der Waals surface area contributed by atoms with Gasteiger partial charge < -0.3 is 14.2 Å². The Morgan fingerprint density at radius 3 is 2.89 bits per heavy atom. The molecule has 2 aliphatic heterocycles. The molecule has 4 nitrogen and oxygen atoms in total. The first-order chi connectivity index (χ1) is 8.67. The zero-order chi connectivity index (χ0) is 12.3. The van der Waals surface area contributed by atoms with Crippen LogP contribution in [0.25, 0.3) is 0 Å². The van der Waals surface area contributed by atoms with Crippen LogP contribution in [0.2, 0.25) is 0 Å². The maximum absolute atomic E-state index is 12.3. The van der Waals surface area contributed by atoms with Gasteiger partial charge in [0.25, 0.3) is 0 Å². The fraction of sp³-hybridized carbons (Fsp3) is 0.929. The molecule has 18 heavy (non-hydrogen) atoms. The highest BCUT2D eigenvalue weighted by atomic mass is 16.7. The lowest BCUT2D eigenvalue weighted by atomic mass is 9.83. The molecule has 0 amide bonds. The first kappa shape index (κ1) is 11.2. The molecule has 2 saturated carbocycles. The fourth-order valence-corrected chi connectivity index (χ4v) is 3.63. The van der Waals surface area contributed by atoms with Crippen LogP contribution in [0.5, 0.6) is 0 Å². The van der Waals surface area contributed by atoms with E-state index in [1.165, 1.54) is 0 Å². The molecule has 0 aromatic heterocycles. The van der Waals surface area contributed by atoms with E-state index >= 15 is 0 Å². The maximum atomic E-state index is 12.3. The summed E-state index contributed by atoms with van der Waals surface area (Å²) in [6, 6.07) is 0. The van der Waals surface area contributed by atoms with Gasteiger partial charge in [-0.1, -0.05) is 6.92 Å². The van der Waals surface area contributed by atoms with Gasteiger partial charge in [-0.25, -0.2) is 4.79 Å².